The SMILES string of the molecule is c1cnc(-c2cc3c(s2)CCOC32CCN(c3ccnc4[nH]ncc34)CC2)cn1. The average Bonchev–Trinajstić information content (AvgIpc) is 3.43. The number of fused-ring (bicyclic) bond motifs is 3. The first-order valence-corrected chi connectivity index (χ1v) is 10.7. The lowest BCUT2D eigenvalue weighted by Crippen LogP contribution is -2.46. The first-order chi connectivity index (χ1) is 14.3. The number of H-pyrrole nitrogens is 1. The highest BCUT2D eigenvalue weighted by molar-refractivity contribution is 7.15. The van der Waals surface area contributed by atoms with Crippen molar-refractivity contribution in [3.8, 4) is 10.6 Å². The number of thiophene rings is 1. The molecule has 2 aliphatic heterocycles. The van der Waals surface area contributed by atoms with E-state index in [1.807, 2.05) is 29.9 Å². The third-order valence-corrected chi connectivity index (χ3v) is 7.28. The number of hydrogen-bond donors (Lipinski definition) is 1. The number of ether oxygens (including phenoxy) is 1. The van der Waals surface area contributed by atoms with Gasteiger partial charge in [-0.15, -0.1) is 11.3 Å². The predicted octanol–water partition coefficient (Wildman–Crippen LogP) is 3.54. The lowest BCUT2D eigenvalue weighted by atomic mass is 9.82. The molecule has 1 fully saturated rings. The molecule has 0 atom stereocenters. The molecular formula is C21H20N6OS. The van der Waals surface area contributed by atoms with E-state index in [0.717, 1.165) is 55.7 Å². The van der Waals surface area contributed by atoms with E-state index in [1.165, 1.54) is 21.0 Å². The highest BCUT2D eigenvalue weighted by Crippen LogP contribution is 2.47. The summed E-state index contributed by atoms with van der Waals surface area (Å²) in [7, 11) is 0. The van der Waals surface area contributed by atoms with E-state index in [-0.39, 0.29) is 5.60 Å². The zero-order valence-electron chi connectivity index (χ0n) is 15.8. The molecule has 1 spiro atoms. The molecule has 0 aliphatic carbocycles. The van der Waals surface area contributed by atoms with E-state index < -0.39 is 0 Å². The van der Waals surface area contributed by atoms with Crippen LogP contribution in [0.25, 0.3) is 21.6 Å². The monoisotopic (exact) mass is 404 g/mol. The molecule has 7 nitrogen and oxygen atoms in total. The van der Waals surface area contributed by atoms with Crippen molar-refractivity contribution in [2.24, 2.45) is 0 Å². The number of aromatic nitrogens is 5. The molecule has 0 unspecified atom stereocenters. The predicted molar refractivity (Wildman–Crippen MR) is 112 cm³/mol. The minimum Gasteiger partial charge on any atom is -0.371 e. The van der Waals surface area contributed by atoms with Gasteiger partial charge in [0.15, 0.2) is 5.65 Å². The fourth-order valence-electron chi connectivity index (χ4n) is 4.61. The van der Waals surface area contributed by atoms with Crippen molar-refractivity contribution >= 4 is 28.1 Å². The summed E-state index contributed by atoms with van der Waals surface area (Å²) in [5.74, 6) is 0. The van der Waals surface area contributed by atoms with Crippen LogP contribution < -0.4 is 4.90 Å². The molecule has 29 heavy (non-hydrogen) atoms. The molecule has 0 amide bonds. The number of anilines is 1. The Labute approximate surface area is 171 Å². The first-order valence-electron chi connectivity index (χ1n) is 9.89. The van der Waals surface area contributed by atoms with Gasteiger partial charge < -0.3 is 9.64 Å². The van der Waals surface area contributed by atoms with Gasteiger partial charge in [-0.1, -0.05) is 0 Å². The molecular weight excluding hydrogens is 384 g/mol. The number of nitrogens with zero attached hydrogens (tertiary/aromatic N) is 5. The van der Waals surface area contributed by atoms with Crippen LogP contribution in [0.3, 0.4) is 0 Å². The summed E-state index contributed by atoms with van der Waals surface area (Å²) in [5.41, 5.74) is 4.14. The van der Waals surface area contributed by atoms with Gasteiger partial charge >= 0.3 is 0 Å². The summed E-state index contributed by atoms with van der Waals surface area (Å²) in [4.78, 5) is 18.1. The second-order valence-electron chi connectivity index (χ2n) is 7.58. The number of piperidine rings is 1. The maximum absolute atomic E-state index is 6.45. The van der Waals surface area contributed by atoms with Gasteiger partial charge in [-0.05, 0) is 30.5 Å². The van der Waals surface area contributed by atoms with E-state index in [2.05, 4.69) is 42.2 Å². The van der Waals surface area contributed by atoms with Crippen molar-refractivity contribution in [2.75, 3.05) is 24.6 Å². The van der Waals surface area contributed by atoms with E-state index >= 15 is 0 Å². The summed E-state index contributed by atoms with van der Waals surface area (Å²) in [6.45, 7) is 2.68. The van der Waals surface area contributed by atoms with Crippen LogP contribution in [-0.2, 0) is 16.8 Å². The zero-order chi connectivity index (χ0) is 19.3. The van der Waals surface area contributed by atoms with Crippen LogP contribution in [0, 0.1) is 0 Å². The summed E-state index contributed by atoms with van der Waals surface area (Å²) in [5, 5.41) is 8.20. The Morgan fingerprint density at radius 2 is 2.03 bits per heavy atom. The van der Waals surface area contributed by atoms with E-state index in [1.54, 1.807) is 12.4 Å². The van der Waals surface area contributed by atoms with Crippen LogP contribution in [0.5, 0.6) is 0 Å². The number of aromatic amines is 1. The van der Waals surface area contributed by atoms with Crippen LogP contribution in [-0.4, -0.2) is 44.8 Å². The Morgan fingerprint density at radius 1 is 1.10 bits per heavy atom. The Hall–Kier alpha value is -2.84. The Balaban J connectivity index is 1.30. The van der Waals surface area contributed by atoms with E-state index in [0.29, 0.717) is 0 Å². The minimum atomic E-state index is -0.191. The Morgan fingerprint density at radius 3 is 2.90 bits per heavy atom. The smallest absolute Gasteiger partial charge is 0.157 e. The van der Waals surface area contributed by atoms with Crippen molar-refractivity contribution < 1.29 is 4.74 Å². The summed E-state index contributed by atoms with van der Waals surface area (Å²) >= 11 is 1.84. The molecule has 146 valence electrons. The van der Waals surface area contributed by atoms with E-state index in [9.17, 15) is 0 Å². The van der Waals surface area contributed by atoms with Crippen LogP contribution >= 0.6 is 11.3 Å². The molecule has 2 aliphatic rings. The summed E-state index contributed by atoms with van der Waals surface area (Å²) in [6.07, 6.45) is 11.9. The van der Waals surface area contributed by atoms with E-state index in [4.69, 9.17) is 4.74 Å². The molecule has 0 bridgehead atoms. The van der Waals surface area contributed by atoms with Crippen LogP contribution in [0.2, 0.25) is 0 Å². The molecule has 4 aromatic rings. The van der Waals surface area contributed by atoms with Crippen LogP contribution in [0.1, 0.15) is 23.3 Å². The third-order valence-electron chi connectivity index (χ3n) is 6.07. The number of rotatable bonds is 2. The summed E-state index contributed by atoms with van der Waals surface area (Å²) in [6, 6.07) is 4.37. The molecule has 8 heteroatoms. The third kappa shape index (κ3) is 2.74. The Bertz CT molecular complexity index is 1160. The van der Waals surface area contributed by atoms with Gasteiger partial charge in [0, 0.05) is 43.0 Å². The molecule has 1 N–H and O–H groups in total. The minimum absolute atomic E-state index is 0.191. The largest absolute Gasteiger partial charge is 0.371 e. The quantitative estimate of drug-likeness (QED) is 0.550. The highest BCUT2D eigenvalue weighted by Gasteiger charge is 2.42. The zero-order valence-corrected chi connectivity index (χ0v) is 16.7. The normalized spacial score (nSPS) is 18.3. The fraction of sp³-hybridized carbons (Fsp3) is 0.333. The average molecular weight is 404 g/mol. The lowest BCUT2D eigenvalue weighted by molar-refractivity contribution is -0.0756. The molecule has 0 radical (unpaired) electrons. The maximum atomic E-state index is 6.45. The number of nitrogens with one attached hydrogen (secondary N) is 1. The van der Waals surface area contributed by atoms with Crippen LogP contribution in [0.15, 0.2) is 43.1 Å². The van der Waals surface area contributed by atoms with Gasteiger partial charge in [-0.2, -0.15) is 5.10 Å². The molecule has 6 rings (SSSR count). The summed E-state index contributed by atoms with van der Waals surface area (Å²) < 4.78 is 6.45. The number of pyridine rings is 1. The van der Waals surface area contributed by atoms with Crippen molar-refractivity contribution in [3.05, 3.63) is 53.6 Å². The van der Waals surface area contributed by atoms with Crippen molar-refractivity contribution in [3.63, 3.8) is 0 Å². The Kier molecular flexibility index (Phi) is 3.88. The second kappa shape index (κ2) is 6.60. The van der Waals surface area contributed by atoms with Crippen molar-refractivity contribution in [1.29, 1.82) is 0 Å². The second-order valence-corrected chi connectivity index (χ2v) is 8.72. The van der Waals surface area contributed by atoms with Crippen molar-refractivity contribution in [1.82, 2.24) is 25.1 Å². The number of hydrogen-bond acceptors (Lipinski definition) is 7. The maximum Gasteiger partial charge on any atom is 0.157 e. The van der Waals surface area contributed by atoms with Crippen molar-refractivity contribution in [2.45, 2.75) is 24.9 Å². The van der Waals surface area contributed by atoms with Gasteiger partial charge in [0.25, 0.3) is 0 Å². The molecule has 4 aromatic heterocycles. The van der Waals surface area contributed by atoms with Gasteiger partial charge in [0.05, 0.1) is 46.2 Å². The lowest BCUT2D eigenvalue weighted by Gasteiger charge is -2.44. The molecule has 1 saturated heterocycles. The molecule has 0 saturated carbocycles. The standard InChI is InChI=1S/C21H20N6OS/c1-5-24-20-14(12-25-26-20)17(1)27-8-3-21(4-9-27)15-11-19(16-13-22-6-7-23-16)29-18(15)2-10-28-21/h1,5-7,11-13H,2-4,8-10H2,(H,24,25,26). The topological polar surface area (TPSA) is 79.8 Å². The van der Waals surface area contributed by atoms with Gasteiger partial charge in [0.2, 0.25) is 0 Å². The molecule has 0 aromatic carbocycles. The molecule has 6 heterocycles. The fourth-order valence-corrected chi connectivity index (χ4v) is 5.80. The highest BCUT2D eigenvalue weighted by atomic mass is 32.1. The van der Waals surface area contributed by atoms with Crippen LogP contribution in [0.4, 0.5) is 5.69 Å². The van der Waals surface area contributed by atoms with Gasteiger partial charge in [-0.25, -0.2) is 4.98 Å². The van der Waals surface area contributed by atoms with Gasteiger partial charge in [0.1, 0.15) is 0 Å². The first kappa shape index (κ1) is 17.1. The van der Waals surface area contributed by atoms with Gasteiger partial charge in [-0.3, -0.25) is 15.1 Å².